The summed E-state index contributed by atoms with van der Waals surface area (Å²) in [4.78, 5) is 23.1. The summed E-state index contributed by atoms with van der Waals surface area (Å²) in [6.07, 6.45) is 0.596. The summed E-state index contributed by atoms with van der Waals surface area (Å²) in [5.74, 6) is -0.695. The second kappa shape index (κ2) is 7.17. The molecule has 100 valence electrons. The van der Waals surface area contributed by atoms with E-state index in [0.29, 0.717) is 11.3 Å². The van der Waals surface area contributed by atoms with Gasteiger partial charge in [0.05, 0.1) is 11.6 Å². The lowest BCUT2D eigenvalue weighted by Gasteiger charge is -2.11. The van der Waals surface area contributed by atoms with Gasteiger partial charge in [-0.25, -0.2) is 0 Å². The highest BCUT2D eigenvalue weighted by Gasteiger charge is 2.11. The molecule has 5 nitrogen and oxygen atoms in total. The van der Waals surface area contributed by atoms with Crippen LogP contribution in [0.3, 0.4) is 0 Å². The number of hydrogen-bond donors (Lipinski definition) is 2. The molecule has 0 aliphatic heterocycles. The first-order chi connectivity index (χ1) is 9.05. The zero-order valence-corrected chi connectivity index (χ0v) is 11.1. The number of benzene rings is 1. The third kappa shape index (κ3) is 5.21. The molecule has 0 heterocycles. The molecule has 0 saturated carbocycles. The SMILES string of the molecule is CCC(C)NC(=O)CC(=O)Nc1cccc(C#N)c1. The molecular formula is C14H17N3O2. The van der Waals surface area contributed by atoms with E-state index in [-0.39, 0.29) is 18.4 Å². The van der Waals surface area contributed by atoms with Gasteiger partial charge in [0.25, 0.3) is 0 Å². The predicted molar refractivity (Wildman–Crippen MR) is 72.3 cm³/mol. The minimum Gasteiger partial charge on any atom is -0.353 e. The monoisotopic (exact) mass is 259 g/mol. The Morgan fingerprint density at radius 1 is 1.37 bits per heavy atom. The third-order valence-electron chi connectivity index (χ3n) is 2.62. The van der Waals surface area contributed by atoms with Gasteiger partial charge in [0.1, 0.15) is 6.42 Å². The van der Waals surface area contributed by atoms with E-state index in [1.807, 2.05) is 19.9 Å². The van der Waals surface area contributed by atoms with Crippen molar-refractivity contribution in [3.63, 3.8) is 0 Å². The molecular weight excluding hydrogens is 242 g/mol. The van der Waals surface area contributed by atoms with Crippen LogP contribution in [0.1, 0.15) is 32.3 Å². The van der Waals surface area contributed by atoms with Gasteiger partial charge in [-0.05, 0) is 31.5 Å². The minimum absolute atomic E-state index is 0.0576. The van der Waals surface area contributed by atoms with Crippen molar-refractivity contribution in [2.45, 2.75) is 32.7 Å². The molecule has 1 aromatic carbocycles. The number of anilines is 1. The smallest absolute Gasteiger partial charge is 0.233 e. The summed E-state index contributed by atoms with van der Waals surface area (Å²) < 4.78 is 0. The molecule has 2 amide bonds. The Morgan fingerprint density at radius 3 is 2.74 bits per heavy atom. The normalized spacial score (nSPS) is 11.2. The molecule has 0 bridgehead atoms. The average Bonchev–Trinajstić information content (AvgIpc) is 2.38. The molecule has 19 heavy (non-hydrogen) atoms. The van der Waals surface area contributed by atoms with Gasteiger partial charge in [0.2, 0.25) is 11.8 Å². The first-order valence-electron chi connectivity index (χ1n) is 6.14. The largest absolute Gasteiger partial charge is 0.353 e. The van der Waals surface area contributed by atoms with E-state index in [1.165, 1.54) is 0 Å². The number of nitrogens with zero attached hydrogens (tertiary/aromatic N) is 1. The van der Waals surface area contributed by atoms with Crippen LogP contribution in [0.15, 0.2) is 24.3 Å². The van der Waals surface area contributed by atoms with Crippen LogP contribution < -0.4 is 10.6 Å². The maximum Gasteiger partial charge on any atom is 0.233 e. The zero-order chi connectivity index (χ0) is 14.3. The molecule has 1 atom stereocenters. The number of amides is 2. The fourth-order valence-corrected chi connectivity index (χ4v) is 1.45. The summed E-state index contributed by atoms with van der Waals surface area (Å²) in [5, 5.41) is 14.0. The molecule has 2 N–H and O–H groups in total. The second-order valence-electron chi connectivity index (χ2n) is 4.29. The van der Waals surface area contributed by atoms with Gasteiger partial charge in [-0.1, -0.05) is 13.0 Å². The molecule has 1 aromatic rings. The van der Waals surface area contributed by atoms with Crippen molar-refractivity contribution in [1.29, 1.82) is 5.26 Å². The van der Waals surface area contributed by atoms with E-state index in [4.69, 9.17) is 5.26 Å². The van der Waals surface area contributed by atoms with Crippen LogP contribution in [0.4, 0.5) is 5.69 Å². The summed E-state index contributed by atoms with van der Waals surface area (Å²) >= 11 is 0. The predicted octanol–water partition coefficient (Wildman–Crippen LogP) is 1.80. The van der Waals surface area contributed by atoms with E-state index >= 15 is 0 Å². The van der Waals surface area contributed by atoms with E-state index in [1.54, 1.807) is 24.3 Å². The van der Waals surface area contributed by atoms with Crippen LogP contribution in [0.2, 0.25) is 0 Å². The Balaban J connectivity index is 2.51. The van der Waals surface area contributed by atoms with E-state index in [2.05, 4.69) is 10.6 Å². The summed E-state index contributed by atoms with van der Waals surface area (Å²) in [6.45, 7) is 3.84. The molecule has 0 fully saturated rings. The van der Waals surface area contributed by atoms with Crippen LogP contribution in [0, 0.1) is 11.3 Å². The Morgan fingerprint density at radius 2 is 2.11 bits per heavy atom. The molecule has 1 rings (SSSR count). The number of rotatable bonds is 5. The van der Waals surface area contributed by atoms with Crippen molar-refractivity contribution in [2.24, 2.45) is 0 Å². The van der Waals surface area contributed by atoms with Crippen molar-refractivity contribution >= 4 is 17.5 Å². The van der Waals surface area contributed by atoms with Gasteiger partial charge in [0.15, 0.2) is 0 Å². The van der Waals surface area contributed by atoms with Crippen LogP contribution >= 0.6 is 0 Å². The first-order valence-corrected chi connectivity index (χ1v) is 6.14. The lowest BCUT2D eigenvalue weighted by Crippen LogP contribution is -2.34. The standard InChI is InChI=1S/C14H17N3O2/c1-3-10(2)16-13(18)8-14(19)17-12-6-4-5-11(7-12)9-15/h4-7,10H,3,8H2,1-2H3,(H,16,18)(H,17,19). The van der Waals surface area contributed by atoms with Crippen molar-refractivity contribution in [3.05, 3.63) is 29.8 Å². The van der Waals surface area contributed by atoms with Crippen LogP contribution in [-0.4, -0.2) is 17.9 Å². The van der Waals surface area contributed by atoms with E-state index < -0.39 is 5.91 Å². The topological polar surface area (TPSA) is 82.0 Å². The number of carbonyl (C=O) groups excluding carboxylic acids is 2. The number of carbonyl (C=O) groups is 2. The van der Waals surface area contributed by atoms with Crippen molar-refractivity contribution in [1.82, 2.24) is 5.32 Å². The number of nitriles is 1. The average molecular weight is 259 g/mol. The summed E-state index contributed by atoms with van der Waals surface area (Å²) in [5.41, 5.74) is 0.974. The Bertz CT molecular complexity index is 506. The quantitative estimate of drug-likeness (QED) is 0.791. The highest BCUT2D eigenvalue weighted by Crippen LogP contribution is 2.09. The molecule has 5 heteroatoms. The number of hydrogen-bond acceptors (Lipinski definition) is 3. The fourth-order valence-electron chi connectivity index (χ4n) is 1.45. The van der Waals surface area contributed by atoms with Gasteiger partial charge in [-0.3, -0.25) is 9.59 Å². The highest BCUT2D eigenvalue weighted by atomic mass is 16.2. The molecule has 0 radical (unpaired) electrons. The van der Waals surface area contributed by atoms with Crippen molar-refractivity contribution in [2.75, 3.05) is 5.32 Å². The summed E-state index contributed by atoms with van der Waals surface area (Å²) in [6, 6.07) is 8.59. The molecule has 0 aromatic heterocycles. The maximum absolute atomic E-state index is 11.6. The van der Waals surface area contributed by atoms with Crippen molar-refractivity contribution < 1.29 is 9.59 Å². The van der Waals surface area contributed by atoms with Crippen LogP contribution in [0.5, 0.6) is 0 Å². The number of nitrogens with one attached hydrogen (secondary N) is 2. The Hall–Kier alpha value is -2.35. The fraction of sp³-hybridized carbons (Fsp3) is 0.357. The van der Waals surface area contributed by atoms with Gasteiger partial charge in [-0.15, -0.1) is 0 Å². The molecule has 0 spiro atoms. The van der Waals surface area contributed by atoms with Gasteiger partial charge < -0.3 is 10.6 Å². The zero-order valence-electron chi connectivity index (χ0n) is 11.1. The Kier molecular flexibility index (Phi) is 5.55. The first kappa shape index (κ1) is 14.7. The molecule has 0 saturated heterocycles. The van der Waals surface area contributed by atoms with Gasteiger partial charge in [-0.2, -0.15) is 5.26 Å². The van der Waals surface area contributed by atoms with Crippen LogP contribution in [-0.2, 0) is 9.59 Å². The second-order valence-corrected chi connectivity index (χ2v) is 4.29. The Labute approximate surface area is 112 Å². The van der Waals surface area contributed by atoms with Crippen molar-refractivity contribution in [3.8, 4) is 6.07 Å². The molecule has 1 unspecified atom stereocenters. The third-order valence-corrected chi connectivity index (χ3v) is 2.62. The highest BCUT2D eigenvalue weighted by molar-refractivity contribution is 6.03. The molecule has 0 aliphatic rings. The maximum atomic E-state index is 11.6. The van der Waals surface area contributed by atoms with Gasteiger partial charge >= 0.3 is 0 Å². The minimum atomic E-state index is -0.393. The van der Waals surface area contributed by atoms with Crippen LogP contribution in [0.25, 0.3) is 0 Å². The van der Waals surface area contributed by atoms with E-state index in [9.17, 15) is 9.59 Å². The lowest BCUT2D eigenvalue weighted by atomic mass is 10.2. The lowest BCUT2D eigenvalue weighted by molar-refractivity contribution is -0.127. The molecule has 0 aliphatic carbocycles. The van der Waals surface area contributed by atoms with E-state index in [0.717, 1.165) is 6.42 Å². The summed E-state index contributed by atoms with van der Waals surface area (Å²) in [7, 11) is 0. The van der Waals surface area contributed by atoms with Gasteiger partial charge in [0, 0.05) is 11.7 Å².